The summed E-state index contributed by atoms with van der Waals surface area (Å²) in [4.78, 5) is 7.98. The molecule has 0 atom stereocenters. The van der Waals surface area contributed by atoms with Crippen LogP contribution in [0.5, 0.6) is 5.75 Å². The number of nitrogens with one attached hydrogen (secondary N) is 1. The van der Waals surface area contributed by atoms with Gasteiger partial charge in [0, 0.05) is 24.1 Å². The summed E-state index contributed by atoms with van der Waals surface area (Å²) in [6.07, 6.45) is 3.94. The number of halogens is 1. The monoisotopic (exact) mass is 317 g/mol. The number of furan rings is 1. The van der Waals surface area contributed by atoms with Gasteiger partial charge in [-0.25, -0.2) is 9.97 Å². The molecule has 0 bridgehead atoms. The van der Waals surface area contributed by atoms with Crippen LogP contribution in [0.25, 0.3) is 11.0 Å². The van der Waals surface area contributed by atoms with Crippen LogP contribution in [0.3, 0.4) is 0 Å². The first-order chi connectivity index (χ1) is 10.7. The molecule has 3 aromatic rings. The Morgan fingerprint density at radius 2 is 2.18 bits per heavy atom. The first-order valence-corrected chi connectivity index (χ1v) is 7.32. The maximum atomic E-state index is 5.85. The van der Waals surface area contributed by atoms with Crippen molar-refractivity contribution in [2.24, 2.45) is 0 Å². The number of ether oxygens (including phenoxy) is 1. The van der Waals surface area contributed by atoms with Crippen LogP contribution in [-0.4, -0.2) is 23.6 Å². The quantitative estimate of drug-likeness (QED) is 0.724. The number of aromatic nitrogens is 2. The van der Waals surface area contributed by atoms with Crippen molar-refractivity contribution in [1.29, 1.82) is 0 Å². The first kappa shape index (κ1) is 14.7. The van der Waals surface area contributed by atoms with Gasteiger partial charge in [0.05, 0.1) is 13.4 Å². The highest BCUT2D eigenvalue weighted by atomic mass is 35.5. The van der Waals surface area contributed by atoms with Gasteiger partial charge in [-0.05, 0) is 30.5 Å². The SMILES string of the molecule is COc1cc2occc2c(C)c1CCNc1cc(Cl)ncn1. The average molecular weight is 318 g/mol. The number of rotatable bonds is 5. The molecule has 5 nitrogen and oxygen atoms in total. The van der Waals surface area contributed by atoms with Gasteiger partial charge in [-0.1, -0.05) is 11.6 Å². The number of nitrogens with zero attached hydrogens (tertiary/aromatic N) is 2. The molecule has 2 heterocycles. The standard InChI is InChI=1S/C16H16ClN3O2/c1-10-11(3-5-18-16-8-15(17)19-9-20-16)13(21-2)7-14-12(10)4-6-22-14/h4,6-9H,3,5H2,1-2H3,(H,18,19,20). The third-order valence-electron chi connectivity index (χ3n) is 3.65. The van der Waals surface area contributed by atoms with E-state index < -0.39 is 0 Å². The number of anilines is 1. The minimum absolute atomic E-state index is 0.422. The zero-order chi connectivity index (χ0) is 15.5. The Bertz CT molecular complexity index is 801. The molecule has 114 valence electrons. The van der Waals surface area contributed by atoms with E-state index in [9.17, 15) is 0 Å². The fourth-order valence-corrected chi connectivity index (χ4v) is 2.68. The summed E-state index contributed by atoms with van der Waals surface area (Å²) in [5.41, 5.74) is 3.17. The summed E-state index contributed by atoms with van der Waals surface area (Å²) in [6.45, 7) is 2.80. The molecule has 0 aliphatic carbocycles. The van der Waals surface area contributed by atoms with E-state index >= 15 is 0 Å². The maximum absolute atomic E-state index is 5.85. The molecule has 0 saturated carbocycles. The third-order valence-corrected chi connectivity index (χ3v) is 3.85. The van der Waals surface area contributed by atoms with Crippen LogP contribution in [0.1, 0.15) is 11.1 Å². The van der Waals surface area contributed by atoms with E-state index in [-0.39, 0.29) is 0 Å². The van der Waals surface area contributed by atoms with Gasteiger partial charge in [-0.3, -0.25) is 0 Å². The van der Waals surface area contributed by atoms with Gasteiger partial charge in [-0.15, -0.1) is 0 Å². The molecular formula is C16H16ClN3O2. The second kappa shape index (κ2) is 6.23. The lowest BCUT2D eigenvalue weighted by atomic mass is 10.0. The molecule has 0 radical (unpaired) electrons. The van der Waals surface area contributed by atoms with Crippen molar-refractivity contribution in [3.05, 3.63) is 47.1 Å². The summed E-state index contributed by atoms with van der Waals surface area (Å²) in [5, 5.41) is 4.77. The fraction of sp³-hybridized carbons (Fsp3) is 0.250. The number of methoxy groups -OCH3 is 1. The van der Waals surface area contributed by atoms with Crippen molar-refractivity contribution in [2.45, 2.75) is 13.3 Å². The zero-order valence-corrected chi connectivity index (χ0v) is 13.1. The Kier molecular flexibility index (Phi) is 4.15. The average Bonchev–Trinajstić information content (AvgIpc) is 2.98. The molecule has 0 unspecified atom stereocenters. The van der Waals surface area contributed by atoms with E-state index in [0.717, 1.165) is 28.7 Å². The van der Waals surface area contributed by atoms with E-state index in [2.05, 4.69) is 22.2 Å². The van der Waals surface area contributed by atoms with E-state index in [1.807, 2.05) is 12.1 Å². The zero-order valence-electron chi connectivity index (χ0n) is 12.4. The Morgan fingerprint density at radius 1 is 1.32 bits per heavy atom. The molecule has 0 saturated heterocycles. The van der Waals surface area contributed by atoms with Gasteiger partial charge in [0.1, 0.15) is 28.6 Å². The summed E-state index contributed by atoms with van der Waals surface area (Å²) in [7, 11) is 1.67. The minimum atomic E-state index is 0.422. The van der Waals surface area contributed by atoms with Gasteiger partial charge >= 0.3 is 0 Å². The predicted octanol–water partition coefficient (Wildman–Crippen LogP) is 3.85. The van der Waals surface area contributed by atoms with Gasteiger partial charge in [-0.2, -0.15) is 0 Å². The van der Waals surface area contributed by atoms with Crippen molar-refractivity contribution in [1.82, 2.24) is 9.97 Å². The highest BCUT2D eigenvalue weighted by Crippen LogP contribution is 2.31. The van der Waals surface area contributed by atoms with Crippen LogP contribution in [0, 0.1) is 6.92 Å². The summed E-state index contributed by atoms with van der Waals surface area (Å²) in [6, 6.07) is 5.61. The molecule has 0 fully saturated rings. The molecule has 6 heteroatoms. The van der Waals surface area contributed by atoms with E-state index in [1.54, 1.807) is 19.4 Å². The number of hydrogen-bond donors (Lipinski definition) is 1. The molecule has 2 aromatic heterocycles. The topological polar surface area (TPSA) is 60.2 Å². The van der Waals surface area contributed by atoms with Crippen molar-refractivity contribution >= 4 is 28.4 Å². The second-order valence-corrected chi connectivity index (χ2v) is 5.30. The highest BCUT2D eigenvalue weighted by Gasteiger charge is 2.12. The smallest absolute Gasteiger partial charge is 0.137 e. The molecule has 0 aliphatic heterocycles. The highest BCUT2D eigenvalue weighted by molar-refractivity contribution is 6.29. The first-order valence-electron chi connectivity index (χ1n) is 6.94. The summed E-state index contributed by atoms with van der Waals surface area (Å²) in [5.74, 6) is 1.54. The number of benzene rings is 1. The van der Waals surface area contributed by atoms with E-state index in [4.69, 9.17) is 20.8 Å². The molecule has 1 aromatic carbocycles. The molecule has 22 heavy (non-hydrogen) atoms. The summed E-state index contributed by atoms with van der Waals surface area (Å²) < 4.78 is 10.9. The molecule has 1 N–H and O–H groups in total. The number of fused-ring (bicyclic) bond motifs is 1. The van der Waals surface area contributed by atoms with E-state index in [1.165, 1.54) is 11.9 Å². The lowest BCUT2D eigenvalue weighted by Gasteiger charge is -2.13. The third kappa shape index (κ3) is 2.85. The van der Waals surface area contributed by atoms with Gasteiger partial charge in [0.2, 0.25) is 0 Å². The number of aryl methyl sites for hydroxylation is 1. The van der Waals surface area contributed by atoms with Crippen LogP contribution in [0.4, 0.5) is 5.82 Å². The normalized spacial score (nSPS) is 10.9. The van der Waals surface area contributed by atoms with Gasteiger partial charge in [0.15, 0.2) is 0 Å². The second-order valence-electron chi connectivity index (χ2n) is 4.92. The van der Waals surface area contributed by atoms with Crippen LogP contribution in [-0.2, 0) is 6.42 Å². The molecule has 0 aliphatic rings. The lowest BCUT2D eigenvalue weighted by Crippen LogP contribution is -2.08. The van der Waals surface area contributed by atoms with Crippen LogP contribution in [0.15, 0.2) is 35.2 Å². The van der Waals surface area contributed by atoms with Gasteiger partial charge in [0.25, 0.3) is 0 Å². The Hall–Kier alpha value is -2.27. The van der Waals surface area contributed by atoms with E-state index in [0.29, 0.717) is 17.5 Å². The summed E-state index contributed by atoms with van der Waals surface area (Å²) >= 11 is 5.85. The largest absolute Gasteiger partial charge is 0.496 e. The Labute approximate surface area is 133 Å². The van der Waals surface area contributed by atoms with Crippen molar-refractivity contribution < 1.29 is 9.15 Å². The Morgan fingerprint density at radius 3 is 2.95 bits per heavy atom. The van der Waals surface area contributed by atoms with Crippen molar-refractivity contribution in [2.75, 3.05) is 19.0 Å². The lowest BCUT2D eigenvalue weighted by molar-refractivity contribution is 0.409. The predicted molar refractivity (Wildman–Crippen MR) is 86.7 cm³/mol. The van der Waals surface area contributed by atoms with Crippen LogP contribution < -0.4 is 10.1 Å². The molecule has 0 amide bonds. The molecule has 3 rings (SSSR count). The maximum Gasteiger partial charge on any atom is 0.137 e. The van der Waals surface area contributed by atoms with Crippen molar-refractivity contribution in [3.8, 4) is 5.75 Å². The fourth-order valence-electron chi connectivity index (χ4n) is 2.53. The Balaban J connectivity index is 1.79. The number of hydrogen-bond acceptors (Lipinski definition) is 5. The van der Waals surface area contributed by atoms with Crippen LogP contribution >= 0.6 is 11.6 Å². The van der Waals surface area contributed by atoms with Crippen LogP contribution in [0.2, 0.25) is 5.15 Å². The molecular weight excluding hydrogens is 302 g/mol. The van der Waals surface area contributed by atoms with Crippen molar-refractivity contribution in [3.63, 3.8) is 0 Å². The molecule has 0 spiro atoms. The van der Waals surface area contributed by atoms with Gasteiger partial charge < -0.3 is 14.5 Å². The minimum Gasteiger partial charge on any atom is -0.496 e.